The molecule has 0 aliphatic heterocycles. The lowest BCUT2D eigenvalue weighted by molar-refractivity contribution is 0.0906. The molecule has 1 amide bonds. The van der Waals surface area contributed by atoms with E-state index in [1.54, 1.807) is 0 Å². The van der Waals surface area contributed by atoms with Gasteiger partial charge in [0.25, 0.3) is 5.91 Å². The summed E-state index contributed by atoms with van der Waals surface area (Å²) in [5.74, 6) is 0.976. The normalized spacial score (nSPS) is 16.2. The molecule has 0 spiro atoms. The van der Waals surface area contributed by atoms with Crippen molar-refractivity contribution in [3.8, 4) is 0 Å². The summed E-state index contributed by atoms with van der Waals surface area (Å²) in [6, 6.07) is 13.9. The molecule has 3 heterocycles. The Morgan fingerprint density at radius 2 is 1.93 bits per heavy atom. The molecule has 1 fully saturated rings. The molecule has 1 N–H and O–H groups in total. The van der Waals surface area contributed by atoms with Crippen LogP contribution in [0.5, 0.6) is 0 Å². The van der Waals surface area contributed by atoms with Gasteiger partial charge in [0.2, 0.25) is 0 Å². The number of aryl methyl sites for hydroxylation is 1. The van der Waals surface area contributed by atoms with E-state index in [0.29, 0.717) is 12.1 Å². The maximum Gasteiger partial charge on any atom is 0.251 e. The van der Waals surface area contributed by atoms with Gasteiger partial charge >= 0.3 is 0 Å². The van der Waals surface area contributed by atoms with Crippen molar-refractivity contribution in [1.82, 2.24) is 24.5 Å². The number of hydrogen-bond donors (Lipinski definition) is 1. The average Bonchev–Trinajstić information content (AvgIpc) is 3.36. The van der Waals surface area contributed by atoms with Gasteiger partial charge in [-0.15, -0.1) is 10.2 Å². The zero-order valence-electron chi connectivity index (χ0n) is 17.3. The van der Waals surface area contributed by atoms with Crippen LogP contribution in [-0.4, -0.2) is 31.6 Å². The summed E-state index contributed by atoms with van der Waals surface area (Å²) in [4.78, 5) is 12.9. The first-order chi connectivity index (χ1) is 14.6. The molecule has 6 heteroatoms. The molecule has 0 saturated heterocycles. The highest BCUT2D eigenvalue weighted by Gasteiger charge is 2.34. The number of rotatable bonds is 5. The highest BCUT2D eigenvalue weighted by Crippen LogP contribution is 2.38. The minimum absolute atomic E-state index is 0.00296. The molecule has 1 aromatic carbocycles. The Hall–Kier alpha value is -3.15. The Balaban J connectivity index is 1.35. The maximum absolute atomic E-state index is 12.9. The van der Waals surface area contributed by atoms with Crippen LogP contribution in [0, 0.1) is 5.41 Å². The Morgan fingerprint density at radius 1 is 1.07 bits per heavy atom. The van der Waals surface area contributed by atoms with Gasteiger partial charge < -0.3 is 9.88 Å². The van der Waals surface area contributed by atoms with E-state index in [4.69, 9.17) is 0 Å². The first-order valence-electron chi connectivity index (χ1n) is 10.8. The molecule has 3 aromatic heterocycles. The molecular weight excluding hydrogens is 374 g/mol. The summed E-state index contributed by atoms with van der Waals surface area (Å²) in [5.41, 5.74) is 2.75. The van der Waals surface area contributed by atoms with E-state index < -0.39 is 0 Å². The van der Waals surface area contributed by atoms with Crippen LogP contribution in [0.15, 0.2) is 54.9 Å². The first-order valence-corrected chi connectivity index (χ1v) is 10.8. The highest BCUT2D eigenvalue weighted by atomic mass is 16.1. The van der Waals surface area contributed by atoms with E-state index in [1.807, 2.05) is 61.9 Å². The summed E-state index contributed by atoms with van der Waals surface area (Å²) < 4.78 is 4.14. The summed E-state index contributed by atoms with van der Waals surface area (Å²) in [6.45, 7) is 0.667. The number of nitrogens with one attached hydrogen (secondary N) is 1. The van der Waals surface area contributed by atoms with Gasteiger partial charge in [-0.25, -0.2) is 0 Å². The number of pyridine rings is 1. The Kier molecular flexibility index (Phi) is 4.77. The molecule has 0 unspecified atom stereocenters. The molecular formula is C24H27N5O. The molecule has 6 nitrogen and oxygen atoms in total. The second-order valence-electron chi connectivity index (χ2n) is 8.67. The second-order valence-corrected chi connectivity index (χ2v) is 8.67. The number of aromatic nitrogens is 4. The van der Waals surface area contributed by atoms with Gasteiger partial charge in [-0.1, -0.05) is 25.3 Å². The average molecular weight is 402 g/mol. The quantitative estimate of drug-likeness (QED) is 0.547. The van der Waals surface area contributed by atoms with Crippen molar-refractivity contribution in [2.24, 2.45) is 12.5 Å². The SMILES string of the molecule is Cn1ccc2cc(C(=O)NCC3(Cc4nnc5ccccn45)CCCCC3)ccc21. The molecule has 4 aromatic rings. The minimum Gasteiger partial charge on any atom is -0.351 e. The van der Waals surface area contributed by atoms with Crippen molar-refractivity contribution in [1.29, 1.82) is 0 Å². The molecule has 0 bridgehead atoms. The van der Waals surface area contributed by atoms with Gasteiger partial charge in [0, 0.05) is 48.9 Å². The van der Waals surface area contributed by atoms with Gasteiger partial charge in [0.1, 0.15) is 5.82 Å². The minimum atomic E-state index is -0.00296. The van der Waals surface area contributed by atoms with Gasteiger partial charge in [-0.05, 0) is 54.7 Å². The fourth-order valence-corrected chi connectivity index (χ4v) is 4.86. The van der Waals surface area contributed by atoms with Crippen LogP contribution in [0.4, 0.5) is 0 Å². The molecule has 1 aliphatic carbocycles. The van der Waals surface area contributed by atoms with Crippen LogP contribution >= 0.6 is 0 Å². The third-order valence-corrected chi connectivity index (χ3v) is 6.60. The number of carbonyl (C=O) groups excluding carboxylic acids is 1. The van der Waals surface area contributed by atoms with E-state index >= 15 is 0 Å². The van der Waals surface area contributed by atoms with Crippen LogP contribution in [0.25, 0.3) is 16.6 Å². The van der Waals surface area contributed by atoms with Crippen LogP contribution in [-0.2, 0) is 13.5 Å². The van der Waals surface area contributed by atoms with E-state index in [9.17, 15) is 4.79 Å². The van der Waals surface area contributed by atoms with E-state index in [0.717, 1.165) is 41.6 Å². The third kappa shape index (κ3) is 3.47. The molecule has 154 valence electrons. The summed E-state index contributed by atoms with van der Waals surface area (Å²) in [5, 5.41) is 13.1. The number of hydrogen-bond acceptors (Lipinski definition) is 3. The fraction of sp³-hybridized carbons (Fsp3) is 0.375. The monoisotopic (exact) mass is 401 g/mol. The van der Waals surface area contributed by atoms with Crippen molar-refractivity contribution in [3.05, 3.63) is 66.2 Å². The van der Waals surface area contributed by atoms with Crippen molar-refractivity contribution in [2.75, 3.05) is 6.54 Å². The number of benzene rings is 1. The second kappa shape index (κ2) is 7.59. The van der Waals surface area contributed by atoms with E-state index in [1.165, 1.54) is 19.3 Å². The number of amides is 1. The lowest BCUT2D eigenvalue weighted by Gasteiger charge is -2.37. The summed E-state index contributed by atoms with van der Waals surface area (Å²) >= 11 is 0. The van der Waals surface area contributed by atoms with Gasteiger partial charge in [-0.2, -0.15) is 0 Å². The van der Waals surface area contributed by atoms with E-state index in [-0.39, 0.29) is 11.3 Å². The van der Waals surface area contributed by atoms with Crippen LogP contribution in [0.2, 0.25) is 0 Å². The highest BCUT2D eigenvalue weighted by molar-refractivity contribution is 5.98. The Morgan fingerprint density at radius 3 is 2.80 bits per heavy atom. The number of nitrogens with zero attached hydrogens (tertiary/aromatic N) is 4. The Bertz CT molecular complexity index is 1200. The van der Waals surface area contributed by atoms with Crippen molar-refractivity contribution in [2.45, 2.75) is 38.5 Å². The molecule has 30 heavy (non-hydrogen) atoms. The molecule has 0 radical (unpaired) electrons. The maximum atomic E-state index is 12.9. The number of fused-ring (bicyclic) bond motifs is 2. The van der Waals surface area contributed by atoms with Gasteiger partial charge in [0.05, 0.1) is 0 Å². The van der Waals surface area contributed by atoms with Crippen LogP contribution in [0.1, 0.15) is 48.3 Å². The van der Waals surface area contributed by atoms with E-state index in [2.05, 4.69) is 24.5 Å². The van der Waals surface area contributed by atoms with Crippen molar-refractivity contribution in [3.63, 3.8) is 0 Å². The zero-order valence-corrected chi connectivity index (χ0v) is 17.3. The lowest BCUT2D eigenvalue weighted by atomic mass is 9.71. The predicted octanol–water partition coefficient (Wildman–Crippen LogP) is 4.14. The van der Waals surface area contributed by atoms with Gasteiger partial charge in [0.15, 0.2) is 5.65 Å². The summed E-state index contributed by atoms with van der Waals surface area (Å²) in [6.07, 6.45) is 10.7. The largest absolute Gasteiger partial charge is 0.351 e. The fourth-order valence-electron chi connectivity index (χ4n) is 4.86. The number of carbonyl (C=O) groups is 1. The summed E-state index contributed by atoms with van der Waals surface area (Å²) in [7, 11) is 2.02. The lowest BCUT2D eigenvalue weighted by Crippen LogP contribution is -2.41. The molecule has 0 atom stereocenters. The zero-order chi connectivity index (χ0) is 20.6. The van der Waals surface area contributed by atoms with Crippen LogP contribution < -0.4 is 5.32 Å². The topological polar surface area (TPSA) is 64.2 Å². The predicted molar refractivity (Wildman–Crippen MR) is 117 cm³/mol. The molecule has 1 saturated carbocycles. The van der Waals surface area contributed by atoms with Crippen molar-refractivity contribution < 1.29 is 4.79 Å². The molecule has 5 rings (SSSR count). The smallest absolute Gasteiger partial charge is 0.251 e. The standard InChI is InChI=1S/C24H27N5O/c1-28-14-10-18-15-19(8-9-20(18)28)23(30)25-17-24(11-4-2-5-12-24)16-22-27-26-21-7-3-6-13-29(21)22/h3,6-10,13-15H,2,4-5,11-12,16-17H2,1H3,(H,25,30). The van der Waals surface area contributed by atoms with Crippen LogP contribution in [0.3, 0.4) is 0 Å². The molecule has 1 aliphatic rings. The van der Waals surface area contributed by atoms with Gasteiger partial charge in [-0.3, -0.25) is 9.20 Å². The third-order valence-electron chi connectivity index (χ3n) is 6.60. The van der Waals surface area contributed by atoms with Crippen molar-refractivity contribution >= 4 is 22.5 Å². The Labute approximate surface area is 175 Å². The first kappa shape index (κ1) is 18.9.